The Morgan fingerprint density at radius 3 is 2.69 bits per heavy atom. The van der Waals surface area contributed by atoms with E-state index in [-0.39, 0.29) is 18.2 Å². The summed E-state index contributed by atoms with van der Waals surface area (Å²) in [7, 11) is 0. The summed E-state index contributed by atoms with van der Waals surface area (Å²) >= 11 is 1.30. The lowest BCUT2D eigenvalue weighted by atomic mass is 10.2. The molecule has 29 heavy (non-hydrogen) atoms. The van der Waals surface area contributed by atoms with E-state index >= 15 is 0 Å². The molecule has 3 amide bonds. The van der Waals surface area contributed by atoms with Gasteiger partial charge in [0.1, 0.15) is 0 Å². The van der Waals surface area contributed by atoms with Crippen molar-refractivity contribution in [3.8, 4) is 0 Å². The van der Waals surface area contributed by atoms with Crippen LogP contribution in [0.1, 0.15) is 25.5 Å². The van der Waals surface area contributed by atoms with E-state index in [1.165, 1.54) is 18.3 Å². The average Bonchev–Trinajstić information content (AvgIpc) is 3.28. The van der Waals surface area contributed by atoms with E-state index in [4.69, 9.17) is 4.74 Å². The third kappa shape index (κ3) is 5.85. The number of amides is 3. The van der Waals surface area contributed by atoms with Crippen molar-refractivity contribution < 1.29 is 23.9 Å². The first-order valence-corrected chi connectivity index (χ1v) is 9.86. The number of benzene rings is 1. The van der Waals surface area contributed by atoms with E-state index < -0.39 is 18.5 Å². The number of carbonyl (C=O) groups excluding carboxylic acids is 4. The van der Waals surface area contributed by atoms with Crippen LogP contribution in [-0.2, 0) is 30.3 Å². The number of carbonyl (C=O) groups is 4. The number of rotatable bonds is 7. The normalized spacial score (nSPS) is 13.3. The third-order valence-electron chi connectivity index (χ3n) is 4.00. The predicted octanol–water partition coefficient (Wildman–Crippen LogP) is 1.95. The number of hydrogen-bond acceptors (Lipinski definition) is 7. The van der Waals surface area contributed by atoms with Crippen LogP contribution in [-0.4, -0.2) is 41.8 Å². The zero-order valence-electron chi connectivity index (χ0n) is 15.8. The first kappa shape index (κ1) is 20.5. The van der Waals surface area contributed by atoms with E-state index in [1.807, 2.05) is 0 Å². The summed E-state index contributed by atoms with van der Waals surface area (Å²) in [4.78, 5) is 52.7. The molecule has 0 unspecified atom stereocenters. The van der Waals surface area contributed by atoms with Crippen LogP contribution in [0.5, 0.6) is 0 Å². The molecule has 1 aromatic carbocycles. The van der Waals surface area contributed by atoms with Crippen LogP contribution in [0, 0.1) is 0 Å². The van der Waals surface area contributed by atoms with Crippen LogP contribution in [0.3, 0.4) is 0 Å². The maximum atomic E-state index is 12.0. The number of anilines is 3. The minimum atomic E-state index is -0.586. The van der Waals surface area contributed by atoms with E-state index in [0.29, 0.717) is 35.2 Å². The lowest BCUT2D eigenvalue weighted by Crippen LogP contribution is -2.23. The van der Waals surface area contributed by atoms with Crippen molar-refractivity contribution in [2.45, 2.75) is 26.2 Å². The molecule has 0 atom stereocenters. The van der Waals surface area contributed by atoms with Gasteiger partial charge < -0.3 is 15.4 Å². The van der Waals surface area contributed by atoms with Gasteiger partial charge in [0, 0.05) is 36.6 Å². The topological polar surface area (TPSA) is 118 Å². The molecule has 10 heteroatoms. The van der Waals surface area contributed by atoms with Crippen LogP contribution in [0.2, 0.25) is 0 Å². The molecule has 1 saturated heterocycles. The van der Waals surface area contributed by atoms with E-state index in [9.17, 15) is 19.2 Å². The van der Waals surface area contributed by atoms with Gasteiger partial charge in [0.25, 0.3) is 5.91 Å². The Kier molecular flexibility index (Phi) is 6.55. The Hall–Kier alpha value is -3.27. The zero-order chi connectivity index (χ0) is 20.8. The van der Waals surface area contributed by atoms with Gasteiger partial charge in [-0.05, 0) is 24.6 Å². The van der Waals surface area contributed by atoms with Crippen LogP contribution in [0.25, 0.3) is 0 Å². The molecule has 152 valence electrons. The molecule has 0 aliphatic carbocycles. The first-order valence-electron chi connectivity index (χ1n) is 8.98. The second-order valence-corrected chi connectivity index (χ2v) is 7.25. The second-order valence-electron chi connectivity index (χ2n) is 6.42. The molecule has 0 radical (unpaired) electrons. The molecule has 1 aliphatic rings. The van der Waals surface area contributed by atoms with Gasteiger partial charge in [-0.3, -0.25) is 24.1 Å². The molecule has 2 heterocycles. The Labute approximate surface area is 171 Å². The second kappa shape index (κ2) is 9.28. The Bertz CT molecular complexity index is 942. The van der Waals surface area contributed by atoms with E-state index in [2.05, 4.69) is 15.6 Å². The quantitative estimate of drug-likeness (QED) is 0.666. The number of esters is 1. The number of nitrogens with zero attached hydrogens (tertiary/aromatic N) is 2. The molecular weight excluding hydrogens is 396 g/mol. The van der Waals surface area contributed by atoms with Crippen molar-refractivity contribution >= 4 is 51.5 Å². The fourth-order valence-electron chi connectivity index (χ4n) is 2.77. The molecule has 0 spiro atoms. The Morgan fingerprint density at radius 2 is 2.00 bits per heavy atom. The van der Waals surface area contributed by atoms with Crippen LogP contribution >= 0.6 is 11.3 Å². The summed E-state index contributed by atoms with van der Waals surface area (Å²) in [6.45, 7) is 1.59. The van der Waals surface area contributed by atoms with E-state index in [0.717, 1.165) is 6.42 Å². The zero-order valence-corrected chi connectivity index (χ0v) is 16.6. The number of thiazole rings is 1. The summed E-state index contributed by atoms with van der Waals surface area (Å²) in [6.07, 6.45) is 1.24. The highest BCUT2D eigenvalue weighted by atomic mass is 32.1. The largest absolute Gasteiger partial charge is 0.455 e. The van der Waals surface area contributed by atoms with Gasteiger partial charge in [-0.15, -0.1) is 11.3 Å². The SMILES string of the molecule is CC(=O)Nc1cccc(NC(=O)COC(=O)Cc2csc(N3CCCC3=O)n2)c1. The molecule has 1 aliphatic heterocycles. The van der Waals surface area contributed by atoms with Crippen molar-refractivity contribution in [1.82, 2.24) is 4.98 Å². The summed E-state index contributed by atoms with van der Waals surface area (Å²) in [5.41, 5.74) is 1.51. The standard InChI is InChI=1S/C19H20N4O5S/c1-12(24)20-13-4-2-5-14(8-13)21-16(25)10-28-18(27)9-15-11-29-19(22-15)23-7-3-6-17(23)26/h2,4-5,8,11H,3,6-7,9-10H2,1H3,(H,20,24)(H,21,25). The molecule has 2 N–H and O–H groups in total. The molecule has 0 bridgehead atoms. The molecule has 3 rings (SSSR count). The summed E-state index contributed by atoms with van der Waals surface area (Å²) in [5.74, 6) is -1.27. The minimum absolute atomic E-state index is 0.0349. The fraction of sp³-hybridized carbons (Fsp3) is 0.316. The Morgan fingerprint density at radius 1 is 1.24 bits per heavy atom. The van der Waals surface area contributed by atoms with Gasteiger partial charge in [0.15, 0.2) is 11.7 Å². The highest BCUT2D eigenvalue weighted by Crippen LogP contribution is 2.25. The lowest BCUT2D eigenvalue weighted by Gasteiger charge is -2.10. The molecule has 0 saturated carbocycles. The van der Waals surface area contributed by atoms with Crippen LogP contribution in [0.15, 0.2) is 29.6 Å². The Balaban J connectivity index is 1.46. The first-order chi connectivity index (χ1) is 13.9. The van der Waals surface area contributed by atoms with Crippen molar-refractivity contribution in [2.75, 3.05) is 28.7 Å². The van der Waals surface area contributed by atoms with Crippen molar-refractivity contribution in [2.24, 2.45) is 0 Å². The fourth-order valence-corrected chi connectivity index (χ4v) is 3.64. The lowest BCUT2D eigenvalue weighted by molar-refractivity contribution is -0.146. The number of hydrogen-bond donors (Lipinski definition) is 2. The number of aromatic nitrogens is 1. The van der Waals surface area contributed by atoms with Gasteiger partial charge in [-0.25, -0.2) is 4.98 Å². The van der Waals surface area contributed by atoms with Gasteiger partial charge in [0.2, 0.25) is 11.8 Å². The van der Waals surface area contributed by atoms with Gasteiger partial charge in [-0.2, -0.15) is 0 Å². The number of ether oxygens (including phenoxy) is 1. The highest BCUT2D eigenvalue weighted by molar-refractivity contribution is 7.14. The highest BCUT2D eigenvalue weighted by Gasteiger charge is 2.24. The monoisotopic (exact) mass is 416 g/mol. The van der Waals surface area contributed by atoms with Gasteiger partial charge in [-0.1, -0.05) is 6.07 Å². The van der Waals surface area contributed by atoms with Crippen molar-refractivity contribution in [1.29, 1.82) is 0 Å². The van der Waals surface area contributed by atoms with E-state index in [1.54, 1.807) is 34.5 Å². The maximum absolute atomic E-state index is 12.0. The summed E-state index contributed by atoms with van der Waals surface area (Å²) < 4.78 is 4.99. The van der Waals surface area contributed by atoms with Gasteiger partial charge >= 0.3 is 5.97 Å². The summed E-state index contributed by atoms with van der Waals surface area (Å²) in [5, 5.41) is 7.49. The van der Waals surface area contributed by atoms with Gasteiger partial charge in [0.05, 0.1) is 12.1 Å². The maximum Gasteiger partial charge on any atom is 0.312 e. The smallest absolute Gasteiger partial charge is 0.312 e. The molecule has 1 fully saturated rings. The molecule has 9 nitrogen and oxygen atoms in total. The molecule has 1 aromatic heterocycles. The third-order valence-corrected chi connectivity index (χ3v) is 4.91. The molecule has 2 aromatic rings. The average molecular weight is 416 g/mol. The van der Waals surface area contributed by atoms with Crippen molar-refractivity contribution in [3.05, 3.63) is 35.3 Å². The van der Waals surface area contributed by atoms with Crippen LogP contribution in [0.4, 0.5) is 16.5 Å². The van der Waals surface area contributed by atoms with Crippen LogP contribution < -0.4 is 15.5 Å². The summed E-state index contributed by atoms with van der Waals surface area (Å²) in [6, 6.07) is 6.62. The predicted molar refractivity (Wildman–Crippen MR) is 108 cm³/mol. The minimum Gasteiger partial charge on any atom is -0.455 e. The molecular formula is C19H20N4O5S. The number of nitrogens with one attached hydrogen (secondary N) is 2. The van der Waals surface area contributed by atoms with Crippen molar-refractivity contribution in [3.63, 3.8) is 0 Å².